The minimum Gasteiger partial charge on any atom is -0.343 e. The van der Waals surface area contributed by atoms with E-state index in [1.165, 1.54) is 11.1 Å². The van der Waals surface area contributed by atoms with E-state index in [-0.39, 0.29) is 5.56 Å². The maximum atomic E-state index is 12.8. The van der Waals surface area contributed by atoms with Gasteiger partial charge in [0.15, 0.2) is 5.11 Å². The van der Waals surface area contributed by atoms with E-state index in [2.05, 4.69) is 66.0 Å². The molecule has 6 heteroatoms. The number of fused-ring (bicyclic) bond motifs is 1. The first-order valence-corrected chi connectivity index (χ1v) is 11.8. The van der Waals surface area contributed by atoms with Crippen molar-refractivity contribution in [2.24, 2.45) is 0 Å². The van der Waals surface area contributed by atoms with Crippen LogP contribution in [0.1, 0.15) is 37.5 Å². The second kappa shape index (κ2) is 11.2. The van der Waals surface area contributed by atoms with Crippen molar-refractivity contribution in [3.63, 3.8) is 0 Å². The second-order valence-corrected chi connectivity index (χ2v) is 8.49. The minimum atomic E-state index is -0.0639. The molecule has 3 rings (SSSR count). The van der Waals surface area contributed by atoms with E-state index in [1.807, 2.05) is 30.3 Å². The predicted molar refractivity (Wildman–Crippen MR) is 140 cm³/mol. The normalized spacial score (nSPS) is 11.2. The van der Waals surface area contributed by atoms with Gasteiger partial charge in [0.2, 0.25) is 0 Å². The number of aromatic nitrogens is 1. The number of rotatable bonds is 9. The molecule has 32 heavy (non-hydrogen) atoms. The van der Waals surface area contributed by atoms with Crippen LogP contribution in [0.15, 0.2) is 53.3 Å². The van der Waals surface area contributed by atoms with Crippen LogP contribution in [0.5, 0.6) is 0 Å². The summed E-state index contributed by atoms with van der Waals surface area (Å²) in [5.74, 6) is 0. The third-order valence-corrected chi connectivity index (χ3v) is 6.31. The van der Waals surface area contributed by atoms with E-state index in [0.717, 1.165) is 54.8 Å². The number of aryl methyl sites for hydroxylation is 2. The van der Waals surface area contributed by atoms with Crippen LogP contribution in [0.25, 0.3) is 10.9 Å². The topological polar surface area (TPSA) is 51.4 Å². The standard InChI is InChI=1S/C26H34N4OS/c1-5-20-10-8-9-11-23(20)28-26(32)30(15-14-29(6-2)7-3)18-22-17-21-16-19(4)12-13-24(21)27-25(22)31/h8-13,16-17H,5-7,14-15,18H2,1-4H3,(H,27,31)(H,28,32). The Morgan fingerprint density at radius 2 is 1.75 bits per heavy atom. The molecular formula is C26H34N4OS. The van der Waals surface area contributed by atoms with E-state index in [1.54, 1.807) is 0 Å². The summed E-state index contributed by atoms with van der Waals surface area (Å²) in [7, 11) is 0. The Morgan fingerprint density at radius 1 is 1.00 bits per heavy atom. The van der Waals surface area contributed by atoms with Gasteiger partial charge in [-0.3, -0.25) is 4.79 Å². The average Bonchev–Trinajstić information content (AvgIpc) is 2.79. The number of benzene rings is 2. The van der Waals surface area contributed by atoms with E-state index >= 15 is 0 Å². The summed E-state index contributed by atoms with van der Waals surface area (Å²) in [6, 6.07) is 16.3. The fourth-order valence-electron chi connectivity index (χ4n) is 3.89. The number of para-hydroxylation sites is 1. The molecule has 0 atom stereocenters. The third kappa shape index (κ3) is 5.96. The number of thiocarbonyl (C=S) groups is 1. The quantitative estimate of drug-likeness (QED) is 0.452. The molecule has 5 nitrogen and oxygen atoms in total. The summed E-state index contributed by atoms with van der Waals surface area (Å²) < 4.78 is 0. The Hall–Kier alpha value is -2.70. The number of nitrogens with zero attached hydrogens (tertiary/aromatic N) is 2. The molecule has 3 aromatic rings. The summed E-state index contributed by atoms with van der Waals surface area (Å²) in [5.41, 5.74) is 4.92. The van der Waals surface area contributed by atoms with Crippen LogP contribution in [0, 0.1) is 6.92 Å². The van der Waals surface area contributed by atoms with Crippen molar-refractivity contribution < 1.29 is 0 Å². The molecule has 2 N–H and O–H groups in total. The lowest BCUT2D eigenvalue weighted by atomic mass is 10.1. The molecule has 1 aromatic heterocycles. The largest absolute Gasteiger partial charge is 0.343 e. The van der Waals surface area contributed by atoms with Crippen LogP contribution < -0.4 is 10.9 Å². The molecule has 0 unspecified atom stereocenters. The van der Waals surface area contributed by atoms with Crippen molar-refractivity contribution in [3.05, 3.63) is 75.6 Å². The maximum Gasteiger partial charge on any atom is 0.253 e. The zero-order valence-corrected chi connectivity index (χ0v) is 20.4. The van der Waals surface area contributed by atoms with Crippen LogP contribution >= 0.6 is 12.2 Å². The fraction of sp³-hybridized carbons (Fsp3) is 0.385. The Kier molecular flexibility index (Phi) is 8.42. The summed E-state index contributed by atoms with van der Waals surface area (Å²) in [6.45, 7) is 12.6. The van der Waals surface area contributed by atoms with Crippen LogP contribution in [-0.2, 0) is 13.0 Å². The summed E-state index contributed by atoms with van der Waals surface area (Å²) >= 11 is 5.83. The van der Waals surface area contributed by atoms with Crippen LogP contribution in [-0.4, -0.2) is 46.1 Å². The number of hydrogen-bond donors (Lipinski definition) is 2. The van der Waals surface area contributed by atoms with Crippen LogP contribution in [0.2, 0.25) is 0 Å². The van der Waals surface area contributed by atoms with Crippen molar-refractivity contribution >= 4 is 33.9 Å². The number of aromatic amines is 1. The maximum absolute atomic E-state index is 12.8. The zero-order valence-electron chi connectivity index (χ0n) is 19.6. The van der Waals surface area contributed by atoms with Gasteiger partial charge < -0.3 is 20.1 Å². The van der Waals surface area contributed by atoms with E-state index in [0.29, 0.717) is 11.7 Å². The fourth-order valence-corrected chi connectivity index (χ4v) is 4.16. The smallest absolute Gasteiger partial charge is 0.253 e. The monoisotopic (exact) mass is 450 g/mol. The average molecular weight is 451 g/mol. The Balaban J connectivity index is 1.88. The van der Waals surface area contributed by atoms with Crippen molar-refractivity contribution in [2.45, 2.75) is 40.7 Å². The molecule has 0 aliphatic carbocycles. The Labute approximate surface area is 196 Å². The molecule has 0 spiro atoms. The highest BCUT2D eigenvalue weighted by molar-refractivity contribution is 7.80. The molecule has 2 aromatic carbocycles. The van der Waals surface area contributed by atoms with Crippen molar-refractivity contribution in [1.29, 1.82) is 0 Å². The highest BCUT2D eigenvalue weighted by atomic mass is 32.1. The molecule has 1 heterocycles. The molecule has 0 bridgehead atoms. The molecule has 170 valence electrons. The number of likely N-dealkylation sites (N-methyl/N-ethyl adjacent to an activating group) is 1. The van der Waals surface area contributed by atoms with Gasteiger partial charge in [-0.2, -0.15) is 0 Å². The first-order chi connectivity index (χ1) is 15.4. The zero-order chi connectivity index (χ0) is 23.1. The molecule has 0 amide bonds. The van der Waals surface area contributed by atoms with Crippen molar-refractivity contribution in [1.82, 2.24) is 14.8 Å². The summed E-state index contributed by atoms with van der Waals surface area (Å²) in [6.07, 6.45) is 0.926. The van der Waals surface area contributed by atoms with Crippen molar-refractivity contribution in [3.8, 4) is 0 Å². The molecule has 0 saturated carbocycles. The van der Waals surface area contributed by atoms with Gasteiger partial charge in [0.05, 0.1) is 6.54 Å². The highest BCUT2D eigenvalue weighted by Gasteiger charge is 2.16. The molecule has 0 aliphatic heterocycles. The molecule has 0 saturated heterocycles. The Morgan fingerprint density at radius 3 is 2.47 bits per heavy atom. The SMILES string of the molecule is CCc1ccccc1NC(=S)N(CCN(CC)CC)Cc1cc2cc(C)ccc2[nH]c1=O. The molecule has 0 radical (unpaired) electrons. The molecule has 0 aliphatic rings. The van der Waals surface area contributed by atoms with Gasteiger partial charge in [0.25, 0.3) is 5.56 Å². The lowest BCUT2D eigenvalue weighted by molar-refractivity contribution is 0.266. The molecular weight excluding hydrogens is 416 g/mol. The molecule has 0 fully saturated rings. The first kappa shape index (κ1) is 24.0. The first-order valence-electron chi connectivity index (χ1n) is 11.4. The van der Waals surface area contributed by atoms with Gasteiger partial charge in [0, 0.05) is 29.9 Å². The van der Waals surface area contributed by atoms with Crippen LogP contribution in [0.4, 0.5) is 5.69 Å². The van der Waals surface area contributed by atoms with Gasteiger partial charge in [-0.15, -0.1) is 0 Å². The lowest BCUT2D eigenvalue weighted by Crippen LogP contribution is -2.41. The van der Waals surface area contributed by atoms with E-state index in [9.17, 15) is 4.79 Å². The lowest BCUT2D eigenvalue weighted by Gasteiger charge is -2.29. The number of pyridine rings is 1. The minimum absolute atomic E-state index is 0.0639. The van der Waals surface area contributed by atoms with Gasteiger partial charge in [0.1, 0.15) is 0 Å². The number of hydrogen-bond acceptors (Lipinski definition) is 3. The highest BCUT2D eigenvalue weighted by Crippen LogP contribution is 2.18. The van der Waals surface area contributed by atoms with Crippen molar-refractivity contribution in [2.75, 3.05) is 31.5 Å². The van der Waals surface area contributed by atoms with E-state index in [4.69, 9.17) is 12.2 Å². The predicted octanol–water partition coefficient (Wildman–Crippen LogP) is 4.94. The Bertz CT molecular complexity index is 1120. The van der Waals surface area contributed by atoms with Gasteiger partial charge >= 0.3 is 0 Å². The van der Waals surface area contributed by atoms with E-state index < -0.39 is 0 Å². The summed E-state index contributed by atoms with van der Waals surface area (Å²) in [5, 5.41) is 5.11. The van der Waals surface area contributed by atoms with Crippen LogP contribution in [0.3, 0.4) is 0 Å². The summed E-state index contributed by atoms with van der Waals surface area (Å²) in [4.78, 5) is 20.3. The number of anilines is 1. The number of H-pyrrole nitrogens is 1. The van der Waals surface area contributed by atoms with Gasteiger partial charge in [-0.05, 0) is 73.9 Å². The second-order valence-electron chi connectivity index (χ2n) is 8.10. The number of nitrogens with one attached hydrogen (secondary N) is 2. The van der Waals surface area contributed by atoms with Gasteiger partial charge in [-0.1, -0.05) is 50.6 Å². The van der Waals surface area contributed by atoms with Gasteiger partial charge in [-0.25, -0.2) is 0 Å². The third-order valence-electron chi connectivity index (χ3n) is 5.95.